The van der Waals surface area contributed by atoms with Crippen molar-refractivity contribution in [3.05, 3.63) is 71.7 Å². The number of benzene rings is 1. The highest BCUT2D eigenvalue weighted by atomic mass is 16.2. The number of carbonyl (C=O) groups excluding carboxylic acids is 1. The van der Waals surface area contributed by atoms with Gasteiger partial charge in [0.1, 0.15) is 5.65 Å². The second-order valence-electron chi connectivity index (χ2n) is 6.96. The molecule has 4 rings (SSSR count). The summed E-state index contributed by atoms with van der Waals surface area (Å²) in [6.07, 6.45) is 4.61. The fraction of sp³-hybridized carbons (Fsp3) is 0.333. The number of amides is 1. The summed E-state index contributed by atoms with van der Waals surface area (Å²) in [7, 11) is 0. The van der Waals surface area contributed by atoms with E-state index in [4.69, 9.17) is 0 Å². The number of carbonyl (C=O) groups is 1. The van der Waals surface area contributed by atoms with E-state index in [0.29, 0.717) is 6.42 Å². The van der Waals surface area contributed by atoms with Crippen LogP contribution in [-0.2, 0) is 17.8 Å². The molecule has 0 radical (unpaired) electrons. The number of rotatable bonds is 4. The summed E-state index contributed by atoms with van der Waals surface area (Å²) in [5, 5.41) is 0. The molecule has 0 unspecified atom stereocenters. The van der Waals surface area contributed by atoms with Crippen molar-refractivity contribution in [1.82, 2.24) is 19.2 Å². The highest BCUT2D eigenvalue weighted by molar-refractivity contribution is 5.79. The Morgan fingerprint density at radius 3 is 2.58 bits per heavy atom. The Morgan fingerprint density at radius 2 is 1.81 bits per heavy atom. The van der Waals surface area contributed by atoms with Crippen molar-refractivity contribution in [2.45, 2.75) is 19.9 Å². The van der Waals surface area contributed by atoms with Gasteiger partial charge in [0.05, 0.1) is 12.1 Å². The van der Waals surface area contributed by atoms with Gasteiger partial charge in [0.2, 0.25) is 5.91 Å². The molecular weight excluding hydrogens is 324 g/mol. The summed E-state index contributed by atoms with van der Waals surface area (Å²) >= 11 is 0. The molecule has 1 saturated heterocycles. The van der Waals surface area contributed by atoms with Crippen LogP contribution in [0, 0.1) is 6.92 Å². The summed E-state index contributed by atoms with van der Waals surface area (Å²) in [6.45, 7) is 6.27. The molecule has 1 aliphatic rings. The van der Waals surface area contributed by atoms with Crippen LogP contribution in [0.15, 0.2) is 54.9 Å². The predicted octanol–water partition coefficient (Wildman–Crippen LogP) is 2.53. The van der Waals surface area contributed by atoms with Gasteiger partial charge in [-0.1, -0.05) is 30.3 Å². The van der Waals surface area contributed by atoms with Gasteiger partial charge in [-0.25, -0.2) is 4.98 Å². The number of nitrogens with zero attached hydrogens (tertiary/aromatic N) is 4. The van der Waals surface area contributed by atoms with Gasteiger partial charge >= 0.3 is 0 Å². The lowest BCUT2D eigenvalue weighted by atomic mass is 10.1. The quantitative estimate of drug-likeness (QED) is 0.727. The SMILES string of the molecule is Cc1ccccc1CC(=O)N1CCN(Cc2cn3ccccc3n2)CC1. The molecular formula is C21H24N4O. The monoisotopic (exact) mass is 348 g/mol. The first-order valence-electron chi connectivity index (χ1n) is 9.16. The first-order valence-corrected chi connectivity index (χ1v) is 9.16. The maximum atomic E-state index is 12.6. The van der Waals surface area contributed by atoms with Crippen LogP contribution in [0.5, 0.6) is 0 Å². The van der Waals surface area contributed by atoms with Crippen molar-refractivity contribution in [3.8, 4) is 0 Å². The Kier molecular flexibility index (Phi) is 4.71. The predicted molar refractivity (Wildman–Crippen MR) is 102 cm³/mol. The number of aromatic nitrogens is 2. The first-order chi connectivity index (χ1) is 12.7. The molecule has 1 amide bonds. The van der Waals surface area contributed by atoms with Crippen LogP contribution in [0.3, 0.4) is 0 Å². The molecule has 3 heterocycles. The van der Waals surface area contributed by atoms with E-state index >= 15 is 0 Å². The molecule has 1 aliphatic heterocycles. The van der Waals surface area contributed by atoms with Crippen molar-refractivity contribution in [1.29, 1.82) is 0 Å². The van der Waals surface area contributed by atoms with E-state index in [1.807, 2.05) is 47.5 Å². The van der Waals surface area contributed by atoms with Gasteiger partial charge in [-0.15, -0.1) is 0 Å². The molecule has 5 heteroatoms. The molecule has 0 N–H and O–H groups in total. The van der Waals surface area contributed by atoms with Crippen molar-refractivity contribution < 1.29 is 4.79 Å². The van der Waals surface area contributed by atoms with E-state index in [-0.39, 0.29) is 5.91 Å². The van der Waals surface area contributed by atoms with Crippen LogP contribution < -0.4 is 0 Å². The zero-order valence-corrected chi connectivity index (χ0v) is 15.1. The minimum Gasteiger partial charge on any atom is -0.340 e. The summed E-state index contributed by atoms with van der Waals surface area (Å²) in [5.74, 6) is 0.228. The highest BCUT2D eigenvalue weighted by Gasteiger charge is 2.22. The van der Waals surface area contributed by atoms with Crippen LogP contribution in [0.4, 0.5) is 0 Å². The third kappa shape index (κ3) is 3.63. The van der Waals surface area contributed by atoms with Crippen molar-refractivity contribution in [2.24, 2.45) is 0 Å². The number of fused-ring (bicyclic) bond motifs is 1. The lowest BCUT2D eigenvalue weighted by Crippen LogP contribution is -2.48. The number of aryl methyl sites for hydroxylation is 1. The lowest BCUT2D eigenvalue weighted by Gasteiger charge is -2.34. The zero-order chi connectivity index (χ0) is 17.9. The molecule has 3 aromatic rings. The second-order valence-corrected chi connectivity index (χ2v) is 6.96. The topological polar surface area (TPSA) is 40.9 Å². The lowest BCUT2D eigenvalue weighted by molar-refractivity contribution is -0.132. The summed E-state index contributed by atoms with van der Waals surface area (Å²) in [4.78, 5) is 21.6. The molecule has 2 aromatic heterocycles. The molecule has 1 aromatic carbocycles. The van der Waals surface area contributed by atoms with Crippen molar-refractivity contribution >= 4 is 11.6 Å². The van der Waals surface area contributed by atoms with E-state index in [0.717, 1.165) is 49.6 Å². The Hall–Kier alpha value is -2.66. The van der Waals surface area contributed by atoms with Gasteiger partial charge < -0.3 is 9.30 Å². The van der Waals surface area contributed by atoms with Gasteiger partial charge in [-0.05, 0) is 30.2 Å². The maximum Gasteiger partial charge on any atom is 0.227 e. The maximum absolute atomic E-state index is 12.6. The van der Waals surface area contributed by atoms with Crippen LogP contribution in [0.2, 0.25) is 0 Å². The van der Waals surface area contributed by atoms with Gasteiger partial charge in [0, 0.05) is 45.1 Å². The zero-order valence-electron chi connectivity index (χ0n) is 15.1. The minimum atomic E-state index is 0.228. The number of hydrogen-bond donors (Lipinski definition) is 0. The molecule has 1 fully saturated rings. The number of imidazole rings is 1. The first kappa shape index (κ1) is 16.8. The minimum absolute atomic E-state index is 0.228. The van der Waals surface area contributed by atoms with Crippen LogP contribution in [-0.4, -0.2) is 51.3 Å². The molecule has 0 saturated carbocycles. The summed E-state index contributed by atoms with van der Waals surface area (Å²) < 4.78 is 2.05. The third-order valence-corrected chi connectivity index (χ3v) is 5.13. The molecule has 0 atom stereocenters. The summed E-state index contributed by atoms with van der Waals surface area (Å²) in [5.41, 5.74) is 4.38. The average molecular weight is 348 g/mol. The normalized spacial score (nSPS) is 15.5. The molecule has 26 heavy (non-hydrogen) atoms. The largest absolute Gasteiger partial charge is 0.340 e. The number of piperazine rings is 1. The van der Waals surface area contributed by atoms with E-state index in [2.05, 4.69) is 33.5 Å². The molecule has 134 valence electrons. The van der Waals surface area contributed by atoms with E-state index < -0.39 is 0 Å². The Bertz CT molecular complexity index is 876. The van der Waals surface area contributed by atoms with E-state index in [9.17, 15) is 4.79 Å². The fourth-order valence-electron chi connectivity index (χ4n) is 3.53. The Morgan fingerprint density at radius 1 is 1.04 bits per heavy atom. The highest BCUT2D eigenvalue weighted by Crippen LogP contribution is 2.13. The average Bonchev–Trinajstić information content (AvgIpc) is 3.06. The van der Waals surface area contributed by atoms with Crippen LogP contribution in [0.25, 0.3) is 5.65 Å². The molecule has 0 spiro atoms. The van der Waals surface area contributed by atoms with Gasteiger partial charge in [-0.3, -0.25) is 9.69 Å². The van der Waals surface area contributed by atoms with E-state index in [1.54, 1.807) is 0 Å². The van der Waals surface area contributed by atoms with Crippen LogP contribution >= 0.6 is 0 Å². The third-order valence-electron chi connectivity index (χ3n) is 5.13. The Labute approximate surface area is 153 Å². The Balaban J connectivity index is 1.32. The fourth-order valence-corrected chi connectivity index (χ4v) is 3.53. The second kappa shape index (κ2) is 7.30. The smallest absolute Gasteiger partial charge is 0.227 e. The van der Waals surface area contributed by atoms with Gasteiger partial charge in [0.25, 0.3) is 0 Å². The summed E-state index contributed by atoms with van der Waals surface area (Å²) in [6, 6.07) is 14.2. The van der Waals surface area contributed by atoms with Crippen LogP contribution in [0.1, 0.15) is 16.8 Å². The van der Waals surface area contributed by atoms with Gasteiger partial charge in [-0.2, -0.15) is 0 Å². The molecule has 0 bridgehead atoms. The molecule has 0 aliphatic carbocycles. The standard InChI is InChI=1S/C21H24N4O/c1-17-6-2-3-7-18(17)14-21(26)24-12-10-23(11-13-24)15-19-16-25-9-5-4-8-20(25)22-19/h2-9,16H,10-15H2,1H3. The van der Waals surface area contributed by atoms with E-state index in [1.165, 1.54) is 5.56 Å². The van der Waals surface area contributed by atoms with Crippen molar-refractivity contribution in [3.63, 3.8) is 0 Å². The number of pyridine rings is 1. The molecule has 5 nitrogen and oxygen atoms in total. The number of hydrogen-bond acceptors (Lipinski definition) is 3. The van der Waals surface area contributed by atoms with Gasteiger partial charge in [0.15, 0.2) is 0 Å². The van der Waals surface area contributed by atoms with Crippen molar-refractivity contribution in [2.75, 3.05) is 26.2 Å².